The molecule has 0 unspecified atom stereocenters. The van der Waals surface area contributed by atoms with E-state index in [1.54, 1.807) is 37.3 Å². The molecule has 3 N–H and O–H groups in total. The smallest absolute Gasteiger partial charge is 0.311 e. The molecule has 1 heterocycles. The highest BCUT2D eigenvalue weighted by molar-refractivity contribution is 6.30. The molecule has 1 amide bonds. The average Bonchev–Trinajstić information content (AvgIpc) is 3.30. The summed E-state index contributed by atoms with van der Waals surface area (Å²) in [7, 11) is 1.42. The van der Waals surface area contributed by atoms with E-state index < -0.39 is 29.2 Å². The number of benzene rings is 2. The summed E-state index contributed by atoms with van der Waals surface area (Å²) < 4.78 is 20.7. The number of nitrogens with zero attached hydrogens (tertiary/aromatic N) is 3. The number of carbonyl (C=O) groups is 2. The van der Waals surface area contributed by atoms with E-state index in [4.69, 9.17) is 21.4 Å². The number of halogens is 2. The second-order valence-electron chi connectivity index (χ2n) is 8.79. The minimum Gasteiger partial charge on any atom is -0.481 e. The molecule has 0 aliphatic rings. The number of hydrogen-bond donors (Lipinski definition) is 3. The van der Waals surface area contributed by atoms with Gasteiger partial charge < -0.3 is 20.3 Å². The van der Waals surface area contributed by atoms with Gasteiger partial charge in [-0.15, -0.1) is 5.10 Å². The van der Waals surface area contributed by atoms with E-state index in [-0.39, 0.29) is 31.9 Å². The van der Waals surface area contributed by atoms with Crippen LogP contribution < -0.4 is 5.32 Å². The topological polar surface area (TPSA) is 127 Å². The highest BCUT2D eigenvalue weighted by Crippen LogP contribution is 2.28. The number of hydrogen-bond acceptors (Lipinski definition) is 6. The summed E-state index contributed by atoms with van der Waals surface area (Å²) in [6, 6.07) is 10.8. The van der Waals surface area contributed by atoms with Gasteiger partial charge in [0.15, 0.2) is 5.69 Å². The fourth-order valence-electron chi connectivity index (χ4n) is 3.94. The largest absolute Gasteiger partial charge is 0.481 e. The first-order valence-corrected chi connectivity index (χ1v) is 11.6. The number of aromatic nitrogens is 3. The Kier molecular flexibility index (Phi) is 9.14. The molecule has 0 bridgehead atoms. The van der Waals surface area contributed by atoms with Crippen molar-refractivity contribution in [3.05, 3.63) is 70.8 Å². The van der Waals surface area contributed by atoms with Crippen molar-refractivity contribution in [1.29, 1.82) is 0 Å². The van der Waals surface area contributed by atoms with E-state index >= 15 is 0 Å². The maximum absolute atomic E-state index is 14.3. The van der Waals surface area contributed by atoms with E-state index in [9.17, 15) is 19.1 Å². The summed E-state index contributed by atoms with van der Waals surface area (Å²) >= 11 is 6.01. The molecule has 1 aromatic heterocycles. The second kappa shape index (κ2) is 12.1. The van der Waals surface area contributed by atoms with Gasteiger partial charge >= 0.3 is 5.97 Å². The van der Waals surface area contributed by atoms with Crippen LogP contribution in [0, 0.1) is 11.2 Å². The monoisotopic (exact) mass is 518 g/mol. The van der Waals surface area contributed by atoms with Crippen LogP contribution in [0.15, 0.2) is 48.7 Å². The SMILES string of the molecule is COC[C@](C)(C[C@@H](Cc1ccc(-c2cc(Cl)ccc2F)cc1)NC(=O)c1cn(CCO)nn1)C(=O)O. The standard InChI is InChI=1S/C25H28ClFN4O5/c1-25(15-36-2,24(34)35)13-19(28-23(33)22-14-31(9-10-32)30-29-22)11-16-3-5-17(6-4-16)20-12-18(26)7-8-21(20)27/h3-8,12,14,19,32H,9-11,13,15H2,1-2H3,(H,28,33)(H,34,35)/t19-,25+/m1/s1. The van der Waals surface area contributed by atoms with Gasteiger partial charge in [0.2, 0.25) is 0 Å². The van der Waals surface area contributed by atoms with Crippen molar-refractivity contribution >= 4 is 23.5 Å². The van der Waals surface area contributed by atoms with Gasteiger partial charge in [-0.3, -0.25) is 9.59 Å². The maximum atomic E-state index is 14.3. The van der Waals surface area contributed by atoms with Gasteiger partial charge in [-0.25, -0.2) is 9.07 Å². The number of carboxylic acids is 1. The molecule has 36 heavy (non-hydrogen) atoms. The molecule has 9 nitrogen and oxygen atoms in total. The van der Waals surface area contributed by atoms with E-state index in [2.05, 4.69) is 15.6 Å². The lowest BCUT2D eigenvalue weighted by molar-refractivity contribution is -0.152. The van der Waals surface area contributed by atoms with Crippen LogP contribution >= 0.6 is 11.6 Å². The fraction of sp³-hybridized carbons (Fsp3) is 0.360. The van der Waals surface area contributed by atoms with Crippen molar-refractivity contribution < 1.29 is 28.9 Å². The number of methoxy groups -OCH3 is 1. The normalized spacial score (nSPS) is 13.7. The third-order valence-electron chi connectivity index (χ3n) is 5.79. The van der Waals surface area contributed by atoms with Crippen molar-refractivity contribution in [1.82, 2.24) is 20.3 Å². The molecule has 11 heteroatoms. The molecule has 0 radical (unpaired) electrons. The summed E-state index contributed by atoms with van der Waals surface area (Å²) in [6.45, 7) is 1.54. The van der Waals surface area contributed by atoms with Crippen molar-refractivity contribution in [2.75, 3.05) is 20.3 Å². The summed E-state index contributed by atoms with van der Waals surface area (Å²) in [4.78, 5) is 24.9. The molecule has 0 fully saturated rings. The van der Waals surface area contributed by atoms with Crippen LogP contribution in [0.2, 0.25) is 5.02 Å². The number of aliphatic carboxylic acids is 1. The number of rotatable bonds is 12. The highest BCUT2D eigenvalue weighted by Gasteiger charge is 2.37. The Hall–Kier alpha value is -3.34. The summed E-state index contributed by atoms with van der Waals surface area (Å²) in [6.07, 6.45) is 1.79. The van der Waals surface area contributed by atoms with Gasteiger partial charge in [0.25, 0.3) is 5.91 Å². The summed E-state index contributed by atoms with van der Waals surface area (Å²) in [5.74, 6) is -1.97. The molecule has 0 saturated carbocycles. The molecule has 2 atom stereocenters. The van der Waals surface area contributed by atoms with Crippen LogP contribution in [0.3, 0.4) is 0 Å². The van der Waals surface area contributed by atoms with Crippen molar-refractivity contribution in [3.8, 4) is 11.1 Å². The number of amides is 1. The van der Waals surface area contributed by atoms with Crippen LogP contribution in [-0.4, -0.2) is 63.4 Å². The predicted octanol–water partition coefficient (Wildman–Crippen LogP) is 3.20. The number of carboxylic acid groups (broad SMARTS) is 1. The number of aliphatic hydroxyl groups excluding tert-OH is 1. The molecule has 0 spiro atoms. The molecule has 0 aliphatic heterocycles. The van der Waals surface area contributed by atoms with Crippen LogP contribution in [-0.2, 0) is 22.5 Å². The molecular formula is C25H28ClFN4O5. The van der Waals surface area contributed by atoms with Gasteiger partial charge in [0, 0.05) is 23.7 Å². The second-order valence-corrected chi connectivity index (χ2v) is 9.23. The molecule has 2 aromatic carbocycles. The Morgan fingerprint density at radius 2 is 1.97 bits per heavy atom. The molecule has 0 aliphatic carbocycles. The van der Waals surface area contributed by atoms with Crippen LogP contribution in [0.5, 0.6) is 0 Å². The van der Waals surface area contributed by atoms with Gasteiger partial charge in [-0.2, -0.15) is 0 Å². The zero-order valence-electron chi connectivity index (χ0n) is 19.9. The molecular weight excluding hydrogens is 491 g/mol. The zero-order valence-corrected chi connectivity index (χ0v) is 20.7. The quantitative estimate of drug-likeness (QED) is 0.336. The predicted molar refractivity (Wildman–Crippen MR) is 131 cm³/mol. The van der Waals surface area contributed by atoms with Crippen LogP contribution in [0.25, 0.3) is 11.1 Å². The Morgan fingerprint density at radius 3 is 2.61 bits per heavy atom. The Labute approximate surface area is 212 Å². The molecule has 3 aromatic rings. The van der Waals surface area contributed by atoms with E-state index in [1.807, 2.05) is 0 Å². The van der Waals surface area contributed by atoms with Gasteiger partial charge in [0.05, 0.1) is 31.4 Å². The average molecular weight is 519 g/mol. The van der Waals surface area contributed by atoms with E-state index in [0.29, 0.717) is 22.6 Å². The zero-order chi connectivity index (χ0) is 26.3. The first kappa shape index (κ1) is 27.3. The lowest BCUT2D eigenvalue weighted by atomic mass is 9.82. The van der Waals surface area contributed by atoms with Crippen molar-refractivity contribution in [2.24, 2.45) is 5.41 Å². The highest BCUT2D eigenvalue weighted by atomic mass is 35.5. The number of aliphatic hydroxyl groups is 1. The third-order valence-corrected chi connectivity index (χ3v) is 6.02. The van der Waals surface area contributed by atoms with Crippen molar-refractivity contribution in [3.63, 3.8) is 0 Å². The molecule has 0 saturated heterocycles. The van der Waals surface area contributed by atoms with Gasteiger partial charge in [0.1, 0.15) is 5.82 Å². The Bertz CT molecular complexity index is 1200. The number of nitrogens with one attached hydrogen (secondary N) is 1. The van der Waals surface area contributed by atoms with E-state index in [1.165, 1.54) is 30.1 Å². The third kappa shape index (κ3) is 6.87. The number of carbonyl (C=O) groups excluding carboxylic acids is 1. The summed E-state index contributed by atoms with van der Waals surface area (Å²) in [5.41, 5.74) is 0.591. The molecule has 192 valence electrons. The lowest BCUT2D eigenvalue weighted by Crippen LogP contribution is -2.44. The lowest BCUT2D eigenvalue weighted by Gasteiger charge is -2.29. The van der Waals surface area contributed by atoms with Gasteiger partial charge in [-0.1, -0.05) is 41.1 Å². The Balaban J connectivity index is 1.83. The fourth-order valence-corrected chi connectivity index (χ4v) is 4.11. The first-order valence-electron chi connectivity index (χ1n) is 11.2. The first-order chi connectivity index (χ1) is 17.1. The summed E-state index contributed by atoms with van der Waals surface area (Å²) in [5, 5.41) is 29.8. The minimum absolute atomic E-state index is 0.0454. The molecule has 3 rings (SSSR count). The minimum atomic E-state index is -1.26. The van der Waals surface area contributed by atoms with Crippen LogP contribution in [0.1, 0.15) is 29.4 Å². The van der Waals surface area contributed by atoms with E-state index in [0.717, 1.165) is 5.56 Å². The maximum Gasteiger partial charge on any atom is 0.311 e. The van der Waals surface area contributed by atoms with Crippen molar-refractivity contribution in [2.45, 2.75) is 32.4 Å². The Morgan fingerprint density at radius 1 is 1.25 bits per heavy atom. The number of ether oxygens (including phenoxy) is 1. The van der Waals surface area contributed by atoms with Gasteiger partial charge in [-0.05, 0) is 49.1 Å². The van der Waals surface area contributed by atoms with Crippen LogP contribution in [0.4, 0.5) is 4.39 Å².